The number of aryl methyl sites for hydroxylation is 1. The molecule has 0 spiro atoms. The molecule has 4 rings (SSSR count). The van der Waals surface area contributed by atoms with E-state index >= 15 is 0 Å². The molecule has 1 aromatic carbocycles. The molecule has 6 nitrogen and oxygen atoms in total. The number of benzene rings is 1. The average molecular weight is 446 g/mol. The van der Waals surface area contributed by atoms with Crippen molar-refractivity contribution < 1.29 is 4.74 Å². The van der Waals surface area contributed by atoms with Crippen LogP contribution < -0.4 is 15.5 Å². The fourth-order valence-corrected chi connectivity index (χ4v) is 4.53. The number of aromatic nitrogens is 2. The third-order valence-electron chi connectivity index (χ3n) is 5.99. The van der Waals surface area contributed by atoms with Crippen LogP contribution in [0.25, 0.3) is 0 Å². The van der Waals surface area contributed by atoms with Crippen LogP contribution in [0.15, 0.2) is 30.3 Å². The van der Waals surface area contributed by atoms with E-state index in [0.29, 0.717) is 17.6 Å². The van der Waals surface area contributed by atoms with Crippen LogP contribution in [0.3, 0.4) is 0 Å². The number of rotatable bonds is 5. The van der Waals surface area contributed by atoms with E-state index in [4.69, 9.17) is 28.6 Å². The Morgan fingerprint density at radius 2 is 1.87 bits per heavy atom. The second-order valence-corrected chi connectivity index (χ2v) is 8.94. The first kappa shape index (κ1) is 21.3. The van der Waals surface area contributed by atoms with Crippen molar-refractivity contribution in [2.45, 2.75) is 38.0 Å². The first-order valence-corrected chi connectivity index (χ1v) is 11.3. The highest BCUT2D eigenvalue weighted by Gasteiger charge is 2.34. The lowest BCUT2D eigenvalue weighted by Gasteiger charge is -2.38. The van der Waals surface area contributed by atoms with Crippen LogP contribution in [0.2, 0.25) is 5.02 Å². The smallest absolute Gasteiger partial charge is 0.231 e. The Balaban J connectivity index is 1.43. The van der Waals surface area contributed by atoms with E-state index < -0.39 is 0 Å². The Hall–Kier alpha value is -1.96. The molecule has 8 heteroatoms. The van der Waals surface area contributed by atoms with Gasteiger partial charge in [-0.05, 0) is 62.5 Å². The maximum absolute atomic E-state index is 6.10. The van der Waals surface area contributed by atoms with Crippen LogP contribution in [0.1, 0.15) is 36.9 Å². The normalized spacial score (nSPS) is 18.3. The summed E-state index contributed by atoms with van der Waals surface area (Å²) in [7, 11) is 0. The Morgan fingerprint density at radius 3 is 2.57 bits per heavy atom. The minimum atomic E-state index is -0.0389. The zero-order valence-electron chi connectivity index (χ0n) is 17.3. The summed E-state index contributed by atoms with van der Waals surface area (Å²) in [6.07, 6.45) is 4.29. The topological polar surface area (TPSA) is 62.3 Å². The van der Waals surface area contributed by atoms with Gasteiger partial charge in [0.1, 0.15) is 5.82 Å². The largest absolute Gasteiger partial charge is 0.381 e. The fraction of sp³-hybridized carbons (Fsp3) is 0.500. The molecule has 0 saturated carbocycles. The van der Waals surface area contributed by atoms with Gasteiger partial charge in [0, 0.05) is 55.0 Å². The molecule has 0 amide bonds. The van der Waals surface area contributed by atoms with E-state index in [-0.39, 0.29) is 5.41 Å². The molecule has 0 bridgehead atoms. The number of thiocarbonyl (C=S) groups is 1. The summed E-state index contributed by atoms with van der Waals surface area (Å²) in [5.74, 6) is 1.51. The van der Waals surface area contributed by atoms with Crippen molar-refractivity contribution in [1.29, 1.82) is 0 Å². The fourth-order valence-electron chi connectivity index (χ4n) is 4.24. The third kappa shape index (κ3) is 5.02. The van der Waals surface area contributed by atoms with E-state index in [1.807, 2.05) is 25.1 Å². The summed E-state index contributed by atoms with van der Waals surface area (Å²) in [5.41, 5.74) is 2.15. The number of ether oxygens (including phenoxy) is 1. The summed E-state index contributed by atoms with van der Waals surface area (Å²) in [6, 6.07) is 10.1. The Morgan fingerprint density at radius 1 is 1.17 bits per heavy atom. The van der Waals surface area contributed by atoms with Crippen molar-refractivity contribution in [2.24, 2.45) is 0 Å². The van der Waals surface area contributed by atoms with Crippen LogP contribution >= 0.6 is 23.8 Å². The van der Waals surface area contributed by atoms with Crippen LogP contribution in [0, 0.1) is 6.92 Å². The molecule has 0 unspecified atom stereocenters. The number of halogens is 1. The molecule has 1 aromatic heterocycles. The first-order chi connectivity index (χ1) is 14.5. The summed E-state index contributed by atoms with van der Waals surface area (Å²) in [4.78, 5) is 11.5. The molecule has 0 atom stereocenters. The number of nitrogens with zero attached hydrogens (tertiary/aromatic N) is 3. The molecule has 0 radical (unpaired) electrons. The maximum Gasteiger partial charge on any atom is 0.231 e. The predicted molar refractivity (Wildman–Crippen MR) is 126 cm³/mol. The summed E-state index contributed by atoms with van der Waals surface area (Å²) >= 11 is 11.7. The lowest BCUT2D eigenvalue weighted by Crippen LogP contribution is -2.45. The molecule has 0 aliphatic carbocycles. The van der Waals surface area contributed by atoms with Gasteiger partial charge in [-0.3, -0.25) is 0 Å². The van der Waals surface area contributed by atoms with Crippen LogP contribution in [0.4, 0.5) is 11.8 Å². The first-order valence-electron chi connectivity index (χ1n) is 10.5. The number of hydrogen-bond donors (Lipinski definition) is 2. The monoisotopic (exact) mass is 445 g/mol. The summed E-state index contributed by atoms with van der Waals surface area (Å²) < 4.78 is 5.62. The highest BCUT2D eigenvalue weighted by atomic mass is 35.5. The predicted octanol–water partition coefficient (Wildman–Crippen LogP) is 4.07. The van der Waals surface area contributed by atoms with Gasteiger partial charge in [0.05, 0.1) is 0 Å². The van der Waals surface area contributed by atoms with Gasteiger partial charge in [0.15, 0.2) is 5.11 Å². The van der Waals surface area contributed by atoms with Crippen molar-refractivity contribution in [3.8, 4) is 0 Å². The molecule has 2 fully saturated rings. The SMILES string of the molecule is Cc1cc(N2CCCC2)nc(NC(=S)NCC2(c3ccc(Cl)cc3)CCOCC2)n1. The molecule has 2 aromatic rings. The number of nitrogens with one attached hydrogen (secondary N) is 2. The second-order valence-electron chi connectivity index (χ2n) is 8.09. The lowest BCUT2D eigenvalue weighted by atomic mass is 9.74. The molecule has 2 aliphatic heterocycles. The highest BCUT2D eigenvalue weighted by Crippen LogP contribution is 2.35. The van der Waals surface area contributed by atoms with Gasteiger partial charge < -0.3 is 20.3 Å². The van der Waals surface area contributed by atoms with Crippen LogP contribution in [0.5, 0.6) is 0 Å². The standard InChI is InChI=1S/C22H28ClN5OS/c1-16-14-19(28-10-2-3-11-28)26-20(25-16)27-21(30)24-15-22(8-12-29-13-9-22)17-4-6-18(23)7-5-17/h4-7,14H,2-3,8-13,15H2,1H3,(H2,24,25,26,27,30). The van der Waals surface area contributed by atoms with Gasteiger partial charge in [-0.25, -0.2) is 4.98 Å². The third-order valence-corrected chi connectivity index (χ3v) is 6.49. The Kier molecular flexibility index (Phi) is 6.71. The second kappa shape index (κ2) is 9.45. The summed E-state index contributed by atoms with van der Waals surface area (Å²) in [5, 5.41) is 7.87. The molecule has 2 saturated heterocycles. The van der Waals surface area contributed by atoms with Gasteiger partial charge in [-0.15, -0.1) is 0 Å². The molecular formula is C22H28ClN5OS. The van der Waals surface area contributed by atoms with Crippen molar-refractivity contribution >= 4 is 40.7 Å². The Bertz CT molecular complexity index is 880. The minimum Gasteiger partial charge on any atom is -0.381 e. The van der Waals surface area contributed by atoms with E-state index in [2.05, 4.69) is 37.6 Å². The zero-order chi connectivity index (χ0) is 21.0. The van der Waals surface area contributed by atoms with Crippen LogP contribution in [-0.2, 0) is 10.2 Å². The van der Waals surface area contributed by atoms with Crippen molar-refractivity contribution in [1.82, 2.24) is 15.3 Å². The van der Waals surface area contributed by atoms with Gasteiger partial charge in [-0.2, -0.15) is 4.98 Å². The molecule has 30 heavy (non-hydrogen) atoms. The quantitative estimate of drug-likeness (QED) is 0.672. The van der Waals surface area contributed by atoms with E-state index in [0.717, 1.165) is 55.7 Å². The van der Waals surface area contributed by atoms with Crippen molar-refractivity contribution in [2.75, 3.05) is 43.1 Å². The molecule has 3 heterocycles. The number of anilines is 2. The Labute approximate surface area is 188 Å². The van der Waals surface area contributed by atoms with Gasteiger partial charge in [0.2, 0.25) is 5.95 Å². The van der Waals surface area contributed by atoms with Crippen molar-refractivity contribution in [3.05, 3.63) is 46.6 Å². The average Bonchev–Trinajstić information content (AvgIpc) is 3.28. The van der Waals surface area contributed by atoms with E-state index in [1.54, 1.807) is 0 Å². The van der Waals surface area contributed by atoms with E-state index in [9.17, 15) is 0 Å². The molecule has 2 aliphatic rings. The lowest BCUT2D eigenvalue weighted by molar-refractivity contribution is 0.0515. The number of hydrogen-bond acceptors (Lipinski definition) is 5. The van der Waals surface area contributed by atoms with E-state index in [1.165, 1.54) is 18.4 Å². The van der Waals surface area contributed by atoms with Gasteiger partial charge in [-0.1, -0.05) is 23.7 Å². The van der Waals surface area contributed by atoms with Crippen LogP contribution in [-0.4, -0.2) is 47.9 Å². The zero-order valence-corrected chi connectivity index (χ0v) is 18.9. The van der Waals surface area contributed by atoms with Gasteiger partial charge >= 0.3 is 0 Å². The van der Waals surface area contributed by atoms with Gasteiger partial charge in [0.25, 0.3) is 0 Å². The maximum atomic E-state index is 6.10. The minimum absolute atomic E-state index is 0.0389. The van der Waals surface area contributed by atoms with Crippen molar-refractivity contribution in [3.63, 3.8) is 0 Å². The molecular weight excluding hydrogens is 418 g/mol. The molecule has 2 N–H and O–H groups in total. The molecule has 160 valence electrons. The highest BCUT2D eigenvalue weighted by molar-refractivity contribution is 7.80. The summed E-state index contributed by atoms with van der Waals surface area (Å²) in [6.45, 7) is 6.28.